The number of ether oxygens (including phenoxy) is 5. The summed E-state index contributed by atoms with van der Waals surface area (Å²) in [6.45, 7) is 18.3. The van der Waals surface area contributed by atoms with Gasteiger partial charge in [0.2, 0.25) is 23.6 Å². The Kier molecular flexibility index (Phi) is 36.0. The van der Waals surface area contributed by atoms with Crippen LogP contribution in [0.5, 0.6) is 5.75 Å². The van der Waals surface area contributed by atoms with Crippen LogP contribution in [0.25, 0.3) is 11.1 Å². The third-order valence-electron chi connectivity index (χ3n) is 17.0. The average molecular weight is 1410 g/mol. The number of unbranched alkanes of at least 4 members (excludes halogenated alkanes) is 6. The summed E-state index contributed by atoms with van der Waals surface area (Å²) in [4.78, 5) is 134. The van der Waals surface area contributed by atoms with Crippen LogP contribution in [0.4, 0.5) is 9.59 Å². The number of methoxy groups -OCH3 is 2. The Bertz CT molecular complexity index is 3510. The van der Waals surface area contributed by atoms with E-state index in [1.807, 2.05) is 164 Å². The molecule has 22 nitrogen and oxygen atoms in total. The number of nitrogens with zero attached hydrogens (tertiary/aromatic N) is 2. The van der Waals surface area contributed by atoms with Gasteiger partial charge in [-0.1, -0.05) is 209 Å². The third-order valence-corrected chi connectivity index (χ3v) is 17.0. The van der Waals surface area contributed by atoms with Gasteiger partial charge in [-0.3, -0.25) is 24.1 Å². The molecule has 7 amide bonds. The van der Waals surface area contributed by atoms with Crippen molar-refractivity contribution in [2.75, 3.05) is 40.5 Å². The van der Waals surface area contributed by atoms with Crippen molar-refractivity contribution < 1.29 is 71.6 Å². The predicted octanol–water partition coefficient (Wildman–Crippen LogP) is 13.0. The molecule has 102 heavy (non-hydrogen) atoms. The van der Waals surface area contributed by atoms with E-state index in [0.29, 0.717) is 74.9 Å². The van der Waals surface area contributed by atoms with Crippen LogP contribution in [0, 0.1) is 17.8 Å². The lowest BCUT2D eigenvalue weighted by atomic mass is 9.93. The van der Waals surface area contributed by atoms with Gasteiger partial charge in [-0.2, -0.15) is 0 Å². The highest BCUT2D eigenvalue weighted by molar-refractivity contribution is 5.96. The molecule has 5 aromatic carbocycles. The molecule has 1 aliphatic rings. The molecule has 5 N–H and O–H groups in total. The summed E-state index contributed by atoms with van der Waals surface area (Å²) in [6, 6.07) is 36.5. The molecule has 0 radical (unpaired) electrons. The number of esters is 3. The quantitative estimate of drug-likeness (QED) is 0.0105. The highest BCUT2D eigenvalue weighted by Crippen LogP contribution is 2.34. The van der Waals surface area contributed by atoms with E-state index in [2.05, 4.69) is 38.2 Å². The molecule has 0 saturated heterocycles. The Morgan fingerprint density at radius 1 is 0.598 bits per heavy atom. The Balaban J connectivity index is 0.000000462. The maximum Gasteiger partial charge on any atom is 0.408 e. The largest absolute Gasteiger partial charge is 0.481 e. The number of allylic oxidation sites excluding steroid dienone is 1. The molecule has 6 rings (SSSR count). The Labute approximate surface area is 602 Å². The molecule has 552 valence electrons. The summed E-state index contributed by atoms with van der Waals surface area (Å²) in [7, 11) is 2.44. The number of rotatable bonds is 40. The van der Waals surface area contributed by atoms with Gasteiger partial charge >= 0.3 is 30.0 Å². The monoisotopic (exact) mass is 1410 g/mol. The Hall–Kier alpha value is -9.86. The van der Waals surface area contributed by atoms with Crippen LogP contribution >= 0.6 is 0 Å². The van der Waals surface area contributed by atoms with Gasteiger partial charge in [-0.25, -0.2) is 24.0 Å². The predicted molar refractivity (Wildman–Crippen MR) is 391 cm³/mol. The van der Waals surface area contributed by atoms with Gasteiger partial charge in [-0.05, 0) is 115 Å². The first-order valence-electron chi connectivity index (χ1n) is 35.7. The number of benzene rings is 5. The van der Waals surface area contributed by atoms with Gasteiger partial charge in [0.25, 0.3) is 0 Å². The van der Waals surface area contributed by atoms with Crippen molar-refractivity contribution >= 4 is 59.9 Å². The molecule has 2 unspecified atom stereocenters. The highest BCUT2D eigenvalue weighted by atomic mass is 16.6. The number of amides is 7. The molecule has 1 heterocycles. The summed E-state index contributed by atoms with van der Waals surface area (Å²) in [5.74, 6) is -2.87. The third kappa shape index (κ3) is 27.6. The number of carbonyl (C=O) groups excluding carboxylic acids is 10. The molecular formula is C80H107N7O15. The van der Waals surface area contributed by atoms with Crippen molar-refractivity contribution in [1.82, 2.24) is 36.4 Å². The molecule has 0 fully saturated rings. The van der Waals surface area contributed by atoms with E-state index < -0.39 is 72.6 Å². The fourth-order valence-electron chi connectivity index (χ4n) is 11.6. The van der Waals surface area contributed by atoms with E-state index in [1.54, 1.807) is 22.8 Å². The van der Waals surface area contributed by atoms with Crippen molar-refractivity contribution in [1.29, 1.82) is 0 Å². The number of aldehydes is 1. The summed E-state index contributed by atoms with van der Waals surface area (Å²) < 4.78 is 26.4. The van der Waals surface area contributed by atoms with Crippen molar-refractivity contribution in [3.8, 4) is 16.9 Å². The van der Waals surface area contributed by atoms with Gasteiger partial charge < -0.3 is 60.0 Å². The van der Waals surface area contributed by atoms with Crippen molar-refractivity contribution in [3.05, 3.63) is 173 Å². The zero-order valence-electron chi connectivity index (χ0n) is 61.4. The first-order chi connectivity index (χ1) is 49.0. The number of hydrogen-bond donors (Lipinski definition) is 5. The van der Waals surface area contributed by atoms with Crippen LogP contribution in [0.3, 0.4) is 0 Å². The number of urea groups is 1. The van der Waals surface area contributed by atoms with Gasteiger partial charge in [-0.15, -0.1) is 0 Å². The fourth-order valence-corrected chi connectivity index (χ4v) is 11.6. The summed E-state index contributed by atoms with van der Waals surface area (Å²) in [6.07, 6.45) is 8.02. The van der Waals surface area contributed by atoms with E-state index in [9.17, 15) is 47.9 Å². The van der Waals surface area contributed by atoms with Crippen molar-refractivity contribution in [2.45, 2.75) is 189 Å². The second kappa shape index (κ2) is 44.4. The smallest absolute Gasteiger partial charge is 0.408 e. The lowest BCUT2D eigenvalue weighted by molar-refractivity contribution is -0.143. The molecule has 0 bridgehead atoms. The first-order valence-corrected chi connectivity index (χ1v) is 35.7. The summed E-state index contributed by atoms with van der Waals surface area (Å²) >= 11 is 0. The summed E-state index contributed by atoms with van der Waals surface area (Å²) in [5, 5.41) is 14.2. The molecule has 1 aliphatic heterocycles. The van der Waals surface area contributed by atoms with E-state index in [4.69, 9.17) is 18.9 Å². The number of nitrogens with one attached hydrogen (secondary N) is 5. The highest BCUT2D eigenvalue weighted by Gasteiger charge is 2.38. The number of alkyl carbamates (subject to hydrolysis) is 1. The fraction of sp³-hybridized carbons (Fsp3) is 0.475. The van der Waals surface area contributed by atoms with Crippen molar-refractivity contribution in [2.24, 2.45) is 17.8 Å². The van der Waals surface area contributed by atoms with E-state index in [0.717, 1.165) is 66.2 Å². The minimum Gasteiger partial charge on any atom is -0.481 e. The Morgan fingerprint density at radius 3 is 1.75 bits per heavy atom. The van der Waals surface area contributed by atoms with Gasteiger partial charge in [0.05, 0.1) is 31.9 Å². The summed E-state index contributed by atoms with van der Waals surface area (Å²) in [5.41, 5.74) is 5.66. The molecule has 0 aliphatic carbocycles. The second-order valence-corrected chi connectivity index (χ2v) is 26.7. The SMILES string of the molecule is CC(C)C[C@@H](C=O)NC(=O)[C@H](CC(C)C)NC(=O)[C@H](CC(C)C)NC(=O)OCc1ccccc1.CCCCCCN(C(=O)CCCCCN1C(=O)NC(c2ccc(-c3ccccc3)cc2)C(C(=O)OCc2ccccc2)=C1C)C(C(=O)NCCCC)c1ccc(OCC(=O)OC)c(C(=O)OC)c1. The second-order valence-electron chi connectivity index (χ2n) is 26.7. The zero-order valence-corrected chi connectivity index (χ0v) is 61.4. The van der Waals surface area contributed by atoms with Crippen LogP contribution in [0.1, 0.15) is 190 Å². The van der Waals surface area contributed by atoms with Crippen LogP contribution in [0.15, 0.2) is 145 Å². The number of carbonyl (C=O) groups is 10. The van der Waals surface area contributed by atoms with Crippen molar-refractivity contribution in [3.63, 3.8) is 0 Å². The molecule has 0 spiro atoms. The number of hydrogen-bond acceptors (Lipinski definition) is 15. The van der Waals surface area contributed by atoms with Gasteiger partial charge in [0, 0.05) is 31.8 Å². The first kappa shape index (κ1) is 82.8. The maximum atomic E-state index is 14.4. The van der Waals surface area contributed by atoms with E-state index in [1.165, 1.54) is 26.4 Å². The normalized spacial score (nSPS) is 13.8. The average Bonchev–Trinajstić information content (AvgIpc) is 0.770. The molecule has 5 atom stereocenters. The topological polar surface area (TPSA) is 283 Å². The molecule has 22 heteroatoms. The van der Waals surface area contributed by atoms with E-state index in [-0.39, 0.29) is 73.1 Å². The Morgan fingerprint density at radius 2 is 1.17 bits per heavy atom. The molecule has 5 aromatic rings. The molecule has 0 saturated carbocycles. The van der Waals surface area contributed by atoms with Crippen LogP contribution in [-0.2, 0) is 65.7 Å². The lowest BCUT2D eigenvalue weighted by Crippen LogP contribution is -2.55. The molecular weight excluding hydrogens is 1300 g/mol. The van der Waals surface area contributed by atoms with Crippen LogP contribution < -0.4 is 31.3 Å². The lowest BCUT2D eigenvalue weighted by Gasteiger charge is -2.35. The molecule has 0 aromatic heterocycles. The minimum absolute atomic E-state index is 0.00960. The zero-order chi connectivity index (χ0) is 74.5. The van der Waals surface area contributed by atoms with Gasteiger partial charge in [0.15, 0.2) is 6.61 Å². The van der Waals surface area contributed by atoms with Gasteiger partial charge in [0.1, 0.15) is 48.9 Å². The van der Waals surface area contributed by atoms with E-state index >= 15 is 0 Å². The van der Waals surface area contributed by atoms with Crippen LogP contribution in [0.2, 0.25) is 0 Å². The minimum atomic E-state index is -1.08. The standard InChI is InChI=1S/C54H66N4O10.C26H41N3O5/c1-6-8-10-19-34-58(50(51(61)55-32-9-7-2)43-30-31-45(67-37-47(60)65-4)44(35-43)52(62)66-5)46(59)25-18-13-20-33-57-38(3)48(53(63)68-36-39-21-14-11-15-22-39)49(56-54(57)64)42-28-26-41(27-29-42)40-23-16-12-17-24-40;1-17(2)12-21(15-30)27-24(31)22(13-18(3)4)28-25(32)23(14-19(5)6)29-26(33)34-16-20-10-8-7-9-11-20/h11-12,14-17,21-24,26-31,35,49-50H,6-10,13,18-20,25,32-34,36-37H2,1-5H3,(H,55,61)(H,56,64);7-11,15,17-19,21-23H,12-14,16H2,1-6H3,(H,27,31)(H,28,32)(H,29,33)/t;21-,22-,23-/m.0/s1. The van der Waals surface area contributed by atoms with Crippen LogP contribution in [-0.4, -0.2) is 128 Å². The maximum absolute atomic E-state index is 14.4.